The highest BCUT2D eigenvalue weighted by atomic mass is 16.5. The molecule has 3 nitrogen and oxygen atoms in total. The van der Waals surface area contributed by atoms with Crippen molar-refractivity contribution < 1.29 is 14.3 Å². The summed E-state index contributed by atoms with van der Waals surface area (Å²) in [5.74, 6) is 1.22. The Bertz CT molecular complexity index is 366. The van der Waals surface area contributed by atoms with Crippen molar-refractivity contribution in [1.82, 2.24) is 0 Å². The largest absolute Gasteiger partial charge is 0.466 e. The van der Waals surface area contributed by atoms with E-state index in [1.165, 1.54) is 51.4 Å². The van der Waals surface area contributed by atoms with Crippen LogP contribution in [-0.4, -0.2) is 18.4 Å². The normalized spacial score (nSPS) is 11.4. The number of ketones is 1. The smallest absolute Gasteiger partial charge is 0.305 e. The van der Waals surface area contributed by atoms with Crippen LogP contribution in [0.25, 0.3) is 0 Å². The summed E-state index contributed by atoms with van der Waals surface area (Å²) in [6.45, 7) is 9.02. The summed E-state index contributed by atoms with van der Waals surface area (Å²) in [6.07, 6.45) is 17.8. The Morgan fingerprint density at radius 1 is 0.679 bits per heavy atom. The molecule has 28 heavy (non-hydrogen) atoms. The Kier molecular flexibility index (Phi) is 18.9. The van der Waals surface area contributed by atoms with Gasteiger partial charge in [0.15, 0.2) is 0 Å². The van der Waals surface area contributed by atoms with E-state index in [-0.39, 0.29) is 11.9 Å². The van der Waals surface area contributed by atoms with Gasteiger partial charge in [-0.3, -0.25) is 9.59 Å². The summed E-state index contributed by atoms with van der Waals surface area (Å²) in [4.78, 5) is 23.5. The third kappa shape index (κ3) is 17.3. The fraction of sp³-hybridized carbons (Fsp3) is 0.920. The fourth-order valence-electron chi connectivity index (χ4n) is 3.60. The van der Waals surface area contributed by atoms with Gasteiger partial charge in [-0.2, -0.15) is 0 Å². The maximum atomic E-state index is 11.9. The van der Waals surface area contributed by atoms with E-state index in [4.69, 9.17) is 4.74 Å². The molecule has 0 aromatic carbocycles. The highest BCUT2D eigenvalue weighted by Crippen LogP contribution is 2.21. The maximum absolute atomic E-state index is 11.9. The molecule has 0 fully saturated rings. The lowest BCUT2D eigenvalue weighted by atomic mass is 9.92. The summed E-state index contributed by atoms with van der Waals surface area (Å²) >= 11 is 0. The first-order valence-corrected chi connectivity index (χ1v) is 12.2. The second-order valence-corrected chi connectivity index (χ2v) is 8.76. The number of carbonyl (C=O) groups excluding carboxylic acids is 2. The van der Waals surface area contributed by atoms with Gasteiger partial charge in [0.25, 0.3) is 0 Å². The molecule has 0 aliphatic heterocycles. The number of unbranched alkanes of at least 4 members (excludes halogenated alkanes) is 8. The molecule has 0 rings (SSSR count). The Hall–Kier alpha value is -0.860. The Morgan fingerprint density at radius 2 is 1.21 bits per heavy atom. The van der Waals surface area contributed by atoms with Gasteiger partial charge in [0.05, 0.1) is 6.61 Å². The minimum Gasteiger partial charge on any atom is -0.466 e. The average Bonchev–Trinajstić information content (AvgIpc) is 2.66. The molecule has 0 aromatic rings. The first kappa shape index (κ1) is 27.1. The molecule has 0 radical (unpaired) electrons. The van der Waals surface area contributed by atoms with E-state index in [1.807, 2.05) is 13.8 Å². The molecule has 0 aliphatic carbocycles. The van der Waals surface area contributed by atoms with E-state index in [2.05, 4.69) is 13.8 Å². The highest BCUT2D eigenvalue weighted by molar-refractivity contribution is 5.80. The van der Waals surface area contributed by atoms with Crippen molar-refractivity contribution >= 4 is 11.8 Å². The Labute approximate surface area is 175 Å². The molecular weight excluding hydrogens is 348 g/mol. The van der Waals surface area contributed by atoms with Gasteiger partial charge in [0.1, 0.15) is 5.78 Å². The molecule has 3 heteroatoms. The summed E-state index contributed by atoms with van der Waals surface area (Å²) in [7, 11) is 0. The van der Waals surface area contributed by atoms with Gasteiger partial charge in [-0.1, -0.05) is 98.3 Å². The SMILES string of the molecule is CCCCCC(CCCCC)CCOC(=O)CCCCCCCC(=O)C(C)C. The van der Waals surface area contributed by atoms with Gasteiger partial charge in [-0.05, 0) is 25.2 Å². The molecule has 0 atom stereocenters. The summed E-state index contributed by atoms with van der Waals surface area (Å²) in [6, 6.07) is 0. The van der Waals surface area contributed by atoms with E-state index in [0.29, 0.717) is 25.2 Å². The average molecular weight is 397 g/mol. The van der Waals surface area contributed by atoms with Crippen molar-refractivity contribution in [3.8, 4) is 0 Å². The van der Waals surface area contributed by atoms with Crippen molar-refractivity contribution in [1.29, 1.82) is 0 Å². The van der Waals surface area contributed by atoms with Crippen molar-refractivity contribution in [2.75, 3.05) is 6.61 Å². The fourth-order valence-corrected chi connectivity index (χ4v) is 3.60. The zero-order valence-corrected chi connectivity index (χ0v) is 19.4. The minimum atomic E-state index is -0.0316. The predicted octanol–water partition coefficient (Wildman–Crippen LogP) is 7.65. The molecule has 0 aliphatic rings. The van der Waals surface area contributed by atoms with Crippen LogP contribution in [-0.2, 0) is 14.3 Å². The summed E-state index contributed by atoms with van der Waals surface area (Å²) < 4.78 is 5.49. The zero-order chi connectivity index (χ0) is 21.0. The first-order valence-electron chi connectivity index (χ1n) is 12.2. The number of carbonyl (C=O) groups is 2. The number of hydrogen-bond donors (Lipinski definition) is 0. The lowest BCUT2D eigenvalue weighted by molar-refractivity contribution is -0.144. The Balaban J connectivity index is 3.71. The van der Waals surface area contributed by atoms with Crippen LogP contribution in [0.4, 0.5) is 0 Å². The minimum absolute atomic E-state index is 0.0316. The van der Waals surface area contributed by atoms with Crippen molar-refractivity contribution in [3.63, 3.8) is 0 Å². The van der Waals surface area contributed by atoms with Crippen molar-refractivity contribution in [3.05, 3.63) is 0 Å². The molecule has 0 saturated carbocycles. The molecule has 0 saturated heterocycles. The molecule has 166 valence electrons. The molecule has 0 spiro atoms. The van der Waals surface area contributed by atoms with E-state index >= 15 is 0 Å². The van der Waals surface area contributed by atoms with Crippen LogP contribution < -0.4 is 0 Å². The predicted molar refractivity (Wildman–Crippen MR) is 120 cm³/mol. The number of hydrogen-bond acceptors (Lipinski definition) is 3. The molecule has 0 aromatic heterocycles. The van der Waals surface area contributed by atoms with Crippen LogP contribution in [0.3, 0.4) is 0 Å². The molecule has 0 amide bonds. The van der Waals surface area contributed by atoms with Gasteiger partial charge in [0, 0.05) is 18.8 Å². The second-order valence-electron chi connectivity index (χ2n) is 8.76. The summed E-state index contributed by atoms with van der Waals surface area (Å²) in [5, 5.41) is 0. The van der Waals surface area contributed by atoms with Crippen LogP contribution in [0.2, 0.25) is 0 Å². The van der Waals surface area contributed by atoms with Crippen LogP contribution >= 0.6 is 0 Å². The third-order valence-corrected chi connectivity index (χ3v) is 5.67. The second kappa shape index (κ2) is 19.5. The van der Waals surface area contributed by atoms with Crippen molar-refractivity contribution in [2.24, 2.45) is 11.8 Å². The number of esters is 1. The topological polar surface area (TPSA) is 43.4 Å². The molecular formula is C25H48O3. The van der Waals surface area contributed by atoms with Gasteiger partial charge in [-0.15, -0.1) is 0 Å². The standard InChI is InChI=1S/C25H48O3/c1-5-7-12-16-23(17-13-8-6-2)20-21-28-25(27)19-15-11-9-10-14-18-24(26)22(3)4/h22-23H,5-21H2,1-4H3. The molecule has 0 bridgehead atoms. The van der Waals surface area contributed by atoms with Crippen LogP contribution in [0, 0.1) is 11.8 Å². The third-order valence-electron chi connectivity index (χ3n) is 5.67. The van der Waals surface area contributed by atoms with Gasteiger partial charge in [-0.25, -0.2) is 0 Å². The molecule has 0 unspecified atom stereocenters. The van der Waals surface area contributed by atoms with Crippen LogP contribution in [0.1, 0.15) is 130 Å². The number of ether oxygens (including phenoxy) is 1. The lowest BCUT2D eigenvalue weighted by Crippen LogP contribution is -2.10. The quantitative estimate of drug-likeness (QED) is 0.157. The molecule has 0 heterocycles. The van der Waals surface area contributed by atoms with Gasteiger partial charge < -0.3 is 4.74 Å². The van der Waals surface area contributed by atoms with Crippen molar-refractivity contribution in [2.45, 2.75) is 130 Å². The first-order chi connectivity index (χ1) is 13.5. The number of Topliss-reactive ketones (excluding diaryl/α,β-unsaturated/α-hetero) is 1. The molecule has 0 N–H and O–H groups in total. The van der Waals surface area contributed by atoms with E-state index in [9.17, 15) is 9.59 Å². The van der Waals surface area contributed by atoms with E-state index in [0.717, 1.165) is 44.4 Å². The van der Waals surface area contributed by atoms with E-state index in [1.54, 1.807) is 0 Å². The van der Waals surface area contributed by atoms with Crippen LogP contribution in [0.15, 0.2) is 0 Å². The Morgan fingerprint density at radius 3 is 1.75 bits per heavy atom. The van der Waals surface area contributed by atoms with Gasteiger partial charge in [0.2, 0.25) is 0 Å². The van der Waals surface area contributed by atoms with Crippen LogP contribution in [0.5, 0.6) is 0 Å². The highest BCUT2D eigenvalue weighted by Gasteiger charge is 2.10. The lowest BCUT2D eigenvalue weighted by Gasteiger charge is -2.16. The zero-order valence-electron chi connectivity index (χ0n) is 19.4. The maximum Gasteiger partial charge on any atom is 0.305 e. The van der Waals surface area contributed by atoms with E-state index < -0.39 is 0 Å². The summed E-state index contributed by atoms with van der Waals surface area (Å²) in [5.41, 5.74) is 0. The monoisotopic (exact) mass is 396 g/mol. The number of rotatable bonds is 20. The van der Waals surface area contributed by atoms with Gasteiger partial charge >= 0.3 is 5.97 Å².